The van der Waals surface area contributed by atoms with Crippen LogP contribution < -0.4 is 5.32 Å². The maximum Gasteiger partial charge on any atom is 0.271 e. The Morgan fingerprint density at radius 3 is 2.75 bits per heavy atom. The molecule has 3 heterocycles. The second kappa shape index (κ2) is 7.75. The van der Waals surface area contributed by atoms with Crippen molar-refractivity contribution in [2.24, 2.45) is 5.92 Å². The number of hydrogen-bond donors (Lipinski definition) is 1. The Hall–Kier alpha value is -2.67. The summed E-state index contributed by atoms with van der Waals surface area (Å²) in [4.78, 5) is 32.3. The topological polar surface area (TPSA) is 66.7 Å². The third-order valence-corrected chi connectivity index (χ3v) is 6.12. The molecule has 28 heavy (non-hydrogen) atoms. The van der Waals surface area contributed by atoms with Gasteiger partial charge in [0.1, 0.15) is 5.69 Å². The van der Waals surface area contributed by atoms with E-state index in [0.29, 0.717) is 31.7 Å². The normalized spacial score (nSPS) is 16.6. The minimum Gasteiger partial charge on any atom is -0.356 e. The number of benzene rings is 1. The molecular weight excluding hydrogens is 372 g/mol. The number of imidazole rings is 1. The molecule has 146 valence electrons. The van der Waals surface area contributed by atoms with Crippen LogP contribution in [-0.2, 0) is 11.2 Å². The van der Waals surface area contributed by atoms with Crippen molar-refractivity contribution in [1.29, 1.82) is 0 Å². The number of hydrogen-bond acceptors (Lipinski definition) is 4. The molecule has 0 radical (unpaired) electrons. The Morgan fingerprint density at radius 2 is 2.04 bits per heavy atom. The third kappa shape index (κ3) is 3.42. The van der Waals surface area contributed by atoms with Gasteiger partial charge in [0.05, 0.1) is 11.6 Å². The number of aryl methyl sites for hydroxylation is 1. The summed E-state index contributed by atoms with van der Waals surface area (Å²) in [6.07, 6.45) is 3.64. The predicted molar refractivity (Wildman–Crippen MR) is 111 cm³/mol. The van der Waals surface area contributed by atoms with Crippen LogP contribution in [0.1, 0.15) is 36.3 Å². The molecular formula is C21H24N4O2S. The minimum atomic E-state index is -0.117. The summed E-state index contributed by atoms with van der Waals surface area (Å²) in [5.74, 6) is -0.120. The van der Waals surface area contributed by atoms with Gasteiger partial charge in [-0.05, 0) is 25.3 Å². The minimum absolute atomic E-state index is 0.0358. The number of aromatic nitrogens is 2. The molecule has 0 spiro atoms. The maximum atomic E-state index is 13.0. The van der Waals surface area contributed by atoms with Crippen LogP contribution in [-0.4, -0.2) is 45.7 Å². The van der Waals surface area contributed by atoms with Crippen LogP contribution in [0.4, 0.5) is 0 Å². The molecule has 1 fully saturated rings. The molecule has 1 aliphatic rings. The van der Waals surface area contributed by atoms with E-state index in [2.05, 4.69) is 41.5 Å². The first-order chi connectivity index (χ1) is 13.6. The quantitative estimate of drug-likeness (QED) is 0.720. The number of thiazole rings is 1. The van der Waals surface area contributed by atoms with E-state index in [1.165, 1.54) is 16.9 Å². The zero-order valence-electron chi connectivity index (χ0n) is 16.1. The van der Waals surface area contributed by atoms with Gasteiger partial charge in [-0.15, -0.1) is 11.3 Å². The first-order valence-corrected chi connectivity index (χ1v) is 10.6. The van der Waals surface area contributed by atoms with Crippen molar-refractivity contribution < 1.29 is 9.59 Å². The Labute approximate surface area is 168 Å². The summed E-state index contributed by atoms with van der Waals surface area (Å²) in [5, 5.41) is 4.71. The van der Waals surface area contributed by atoms with Crippen LogP contribution in [0, 0.1) is 5.92 Å². The molecule has 0 saturated carbocycles. The van der Waals surface area contributed by atoms with E-state index >= 15 is 0 Å². The monoisotopic (exact) mass is 396 g/mol. The number of nitrogens with zero attached hydrogens (tertiary/aromatic N) is 3. The van der Waals surface area contributed by atoms with Gasteiger partial charge in [-0.2, -0.15) is 0 Å². The first-order valence-electron chi connectivity index (χ1n) is 9.73. The summed E-state index contributed by atoms with van der Waals surface area (Å²) < 4.78 is 1.87. The van der Waals surface area contributed by atoms with E-state index in [4.69, 9.17) is 0 Å². The molecule has 0 unspecified atom stereocenters. The van der Waals surface area contributed by atoms with Crippen molar-refractivity contribution in [3.05, 3.63) is 47.1 Å². The molecule has 0 bridgehead atoms. The molecule has 2 amide bonds. The molecule has 1 aliphatic heterocycles. The van der Waals surface area contributed by atoms with Crippen molar-refractivity contribution in [3.63, 3.8) is 0 Å². The lowest BCUT2D eigenvalue weighted by atomic mass is 10.1. The van der Waals surface area contributed by atoms with E-state index in [1.807, 2.05) is 22.9 Å². The van der Waals surface area contributed by atoms with Gasteiger partial charge in [0.25, 0.3) is 5.91 Å². The van der Waals surface area contributed by atoms with Crippen molar-refractivity contribution in [1.82, 2.24) is 19.6 Å². The molecule has 0 aliphatic carbocycles. The van der Waals surface area contributed by atoms with Gasteiger partial charge in [0.15, 0.2) is 4.96 Å². The van der Waals surface area contributed by atoms with Crippen molar-refractivity contribution in [2.45, 2.75) is 26.7 Å². The second-order valence-corrected chi connectivity index (χ2v) is 7.92. The average Bonchev–Trinajstić information content (AvgIpc) is 3.43. The molecule has 7 heteroatoms. The fourth-order valence-corrected chi connectivity index (χ4v) is 4.47. The summed E-state index contributed by atoms with van der Waals surface area (Å²) in [6.45, 7) is 5.74. The van der Waals surface area contributed by atoms with Crippen LogP contribution in [0.2, 0.25) is 0 Å². The van der Waals surface area contributed by atoms with Gasteiger partial charge in [-0.3, -0.25) is 14.0 Å². The number of amides is 2. The second-order valence-electron chi connectivity index (χ2n) is 7.08. The van der Waals surface area contributed by atoms with Crippen LogP contribution >= 0.6 is 11.3 Å². The van der Waals surface area contributed by atoms with Crippen LogP contribution in [0.25, 0.3) is 16.2 Å². The van der Waals surface area contributed by atoms with Gasteiger partial charge in [-0.1, -0.05) is 31.2 Å². The first kappa shape index (κ1) is 18.7. The van der Waals surface area contributed by atoms with E-state index < -0.39 is 0 Å². The fourth-order valence-electron chi connectivity index (χ4n) is 3.63. The Balaban J connectivity index is 1.55. The molecule has 4 rings (SSSR count). The average molecular weight is 397 g/mol. The van der Waals surface area contributed by atoms with Crippen LogP contribution in [0.5, 0.6) is 0 Å². The van der Waals surface area contributed by atoms with Crippen molar-refractivity contribution in [3.8, 4) is 11.3 Å². The van der Waals surface area contributed by atoms with Crippen molar-refractivity contribution in [2.75, 3.05) is 19.6 Å². The lowest BCUT2D eigenvalue weighted by molar-refractivity contribution is -0.124. The molecule has 1 N–H and O–H groups in total. The maximum absolute atomic E-state index is 13.0. The van der Waals surface area contributed by atoms with Gasteiger partial charge < -0.3 is 10.2 Å². The Kier molecular flexibility index (Phi) is 5.17. The number of fused-ring (bicyclic) bond motifs is 1. The number of nitrogens with one attached hydrogen (secondary N) is 1. The lowest BCUT2D eigenvalue weighted by Crippen LogP contribution is -2.34. The van der Waals surface area contributed by atoms with Gasteiger partial charge >= 0.3 is 0 Å². The molecule has 6 nitrogen and oxygen atoms in total. The summed E-state index contributed by atoms with van der Waals surface area (Å²) in [6, 6.07) is 8.37. The predicted octanol–water partition coefficient (Wildman–Crippen LogP) is 3.22. The zero-order chi connectivity index (χ0) is 19.7. The molecule has 2 aromatic heterocycles. The number of carbonyl (C=O) groups excluding carboxylic acids is 2. The largest absolute Gasteiger partial charge is 0.356 e. The number of carbonyl (C=O) groups is 2. The SMILES string of the molecule is CCNC(=O)[C@H]1CCN(C(=O)c2csc3nc(-c4ccc(CC)cc4)cn23)C1. The standard InChI is InChI=1S/C21H24N4O2S/c1-3-14-5-7-15(8-6-14)17-12-25-18(13-28-21(25)23-17)20(27)24-10-9-16(11-24)19(26)22-4-2/h5-8,12-13,16H,3-4,9-11H2,1-2H3,(H,22,26)/t16-/m0/s1. The Bertz CT molecular complexity index is 1010. The summed E-state index contributed by atoms with van der Waals surface area (Å²) in [7, 11) is 0. The van der Waals surface area contributed by atoms with Crippen LogP contribution in [0.3, 0.4) is 0 Å². The van der Waals surface area contributed by atoms with E-state index in [-0.39, 0.29) is 17.7 Å². The highest BCUT2D eigenvalue weighted by Gasteiger charge is 2.32. The fraction of sp³-hybridized carbons (Fsp3) is 0.381. The van der Waals surface area contributed by atoms with Gasteiger partial charge in [-0.25, -0.2) is 4.98 Å². The highest BCUT2D eigenvalue weighted by atomic mass is 32.1. The van der Waals surface area contributed by atoms with E-state index in [9.17, 15) is 9.59 Å². The zero-order valence-corrected chi connectivity index (χ0v) is 17.0. The lowest BCUT2D eigenvalue weighted by Gasteiger charge is -2.15. The highest BCUT2D eigenvalue weighted by Crippen LogP contribution is 2.26. The molecule has 1 saturated heterocycles. The summed E-state index contributed by atoms with van der Waals surface area (Å²) >= 11 is 1.46. The van der Waals surface area contributed by atoms with Gasteiger partial charge in [0, 0.05) is 36.8 Å². The highest BCUT2D eigenvalue weighted by molar-refractivity contribution is 7.15. The van der Waals surface area contributed by atoms with Crippen LogP contribution in [0.15, 0.2) is 35.8 Å². The smallest absolute Gasteiger partial charge is 0.271 e. The third-order valence-electron chi connectivity index (χ3n) is 5.28. The summed E-state index contributed by atoms with van der Waals surface area (Å²) in [5.41, 5.74) is 3.81. The van der Waals surface area contributed by atoms with Gasteiger partial charge in [0.2, 0.25) is 5.91 Å². The van der Waals surface area contributed by atoms with Crippen molar-refractivity contribution >= 4 is 28.1 Å². The number of rotatable bonds is 5. The molecule has 1 aromatic carbocycles. The molecule has 1 atom stereocenters. The van der Waals surface area contributed by atoms with E-state index in [1.54, 1.807) is 4.90 Å². The van der Waals surface area contributed by atoms with E-state index in [0.717, 1.165) is 22.6 Å². The number of likely N-dealkylation sites (tertiary alicyclic amines) is 1. The Morgan fingerprint density at radius 1 is 1.25 bits per heavy atom. The molecule has 3 aromatic rings.